The number of hydrogen-bond donors (Lipinski definition) is 1. The topological polar surface area (TPSA) is 98.3 Å². The molecular formula is C19H33N4O6PS. The van der Waals surface area contributed by atoms with Gasteiger partial charge in [0, 0.05) is 46.9 Å². The zero-order valence-corrected chi connectivity index (χ0v) is 20.7. The fraction of sp³-hybridized carbons (Fsp3) is 0.737. The SMILES string of the molecule is [2H]C[C@H]1O[C@@H](n2ccc(=O)[nH]c2=O)C(OC(=S)N(C)C)[C@H]1OP(OC)N(C(C)C)C(C)C. The molecule has 2 rings (SSSR count). The molecule has 176 valence electrons. The predicted molar refractivity (Wildman–Crippen MR) is 123 cm³/mol. The van der Waals surface area contributed by atoms with E-state index in [4.69, 9.17) is 32.1 Å². The smallest absolute Gasteiger partial charge is 0.330 e. The summed E-state index contributed by atoms with van der Waals surface area (Å²) in [5, 5.41) is 0.173. The first-order valence-electron chi connectivity index (χ1n) is 10.7. The normalized spacial score (nSPS) is 25.2. The standard InChI is InChI=1S/C19H33N4O6PS/c1-11(2)23(12(3)4)30(26-8)29-15-13(5)27-17(16(15)28-19(31)21(6)7)22-10-9-14(24)20-18(22)25/h9-13,15-17H,1-8H3,(H,20,24,25)/t13-,15+,16?,17-,30?/m1/s1/i5D. The molecule has 10 nitrogen and oxygen atoms in total. The summed E-state index contributed by atoms with van der Waals surface area (Å²) in [5.74, 6) is 0. The zero-order chi connectivity index (χ0) is 24.2. The number of ether oxygens (including phenoxy) is 2. The number of nitrogens with one attached hydrogen (secondary N) is 1. The van der Waals surface area contributed by atoms with Gasteiger partial charge < -0.3 is 23.4 Å². The van der Waals surface area contributed by atoms with E-state index in [1.807, 2.05) is 27.7 Å². The van der Waals surface area contributed by atoms with Crippen LogP contribution < -0.4 is 11.2 Å². The number of aromatic amines is 1. The van der Waals surface area contributed by atoms with Crippen LogP contribution in [0.15, 0.2) is 21.9 Å². The first-order valence-corrected chi connectivity index (χ1v) is 11.5. The summed E-state index contributed by atoms with van der Waals surface area (Å²) in [6.45, 7) is 8.04. The highest BCUT2D eigenvalue weighted by molar-refractivity contribution is 7.80. The molecule has 12 heteroatoms. The monoisotopic (exact) mass is 477 g/mol. The van der Waals surface area contributed by atoms with Gasteiger partial charge >= 0.3 is 5.69 Å². The van der Waals surface area contributed by atoms with Crippen molar-refractivity contribution in [2.24, 2.45) is 0 Å². The molecule has 5 atom stereocenters. The highest BCUT2D eigenvalue weighted by Gasteiger charge is 2.49. The number of thiocarbonyl (C=S) groups is 1. The molecule has 1 fully saturated rings. The van der Waals surface area contributed by atoms with Gasteiger partial charge in [-0.2, -0.15) is 0 Å². The lowest BCUT2D eigenvalue weighted by atomic mass is 10.1. The lowest BCUT2D eigenvalue weighted by Crippen LogP contribution is -2.43. The third kappa shape index (κ3) is 6.12. The van der Waals surface area contributed by atoms with Crippen molar-refractivity contribution in [3.63, 3.8) is 0 Å². The van der Waals surface area contributed by atoms with E-state index in [1.165, 1.54) is 16.8 Å². The summed E-state index contributed by atoms with van der Waals surface area (Å²) in [5.41, 5.74) is -1.18. The van der Waals surface area contributed by atoms with Crippen molar-refractivity contribution in [1.82, 2.24) is 19.1 Å². The number of nitrogens with zero attached hydrogens (tertiary/aromatic N) is 3. The molecule has 1 aromatic rings. The number of rotatable bonds is 8. The van der Waals surface area contributed by atoms with Crippen molar-refractivity contribution >= 4 is 25.9 Å². The molecule has 1 aromatic heterocycles. The lowest BCUT2D eigenvalue weighted by molar-refractivity contribution is -0.0328. The van der Waals surface area contributed by atoms with E-state index in [2.05, 4.69) is 9.65 Å². The Kier molecular flexibility index (Phi) is 8.60. The van der Waals surface area contributed by atoms with Crippen LogP contribution in [0.4, 0.5) is 0 Å². The van der Waals surface area contributed by atoms with Crippen LogP contribution in [0.1, 0.15) is 42.2 Å². The van der Waals surface area contributed by atoms with Crippen LogP contribution in [0.3, 0.4) is 0 Å². The van der Waals surface area contributed by atoms with Crippen LogP contribution in [-0.2, 0) is 18.5 Å². The lowest BCUT2D eigenvalue weighted by Gasteiger charge is -2.37. The van der Waals surface area contributed by atoms with E-state index in [-0.39, 0.29) is 24.2 Å². The highest BCUT2D eigenvalue weighted by atomic mass is 32.1. The first kappa shape index (κ1) is 24.3. The van der Waals surface area contributed by atoms with Gasteiger partial charge in [-0.1, -0.05) is 0 Å². The first-order chi connectivity index (χ1) is 15.0. The molecule has 0 spiro atoms. The maximum atomic E-state index is 12.5. The van der Waals surface area contributed by atoms with Gasteiger partial charge in [-0.15, -0.1) is 0 Å². The molecule has 0 bridgehead atoms. The number of H-pyrrole nitrogens is 1. The molecular weight excluding hydrogens is 443 g/mol. The minimum absolute atomic E-state index is 0.135. The van der Waals surface area contributed by atoms with Gasteiger partial charge in [0.05, 0.1) is 6.10 Å². The van der Waals surface area contributed by atoms with Crippen LogP contribution in [0.2, 0.25) is 0 Å². The molecule has 1 N–H and O–H groups in total. The van der Waals surface area contributed by atoms with Crippen molar-refractivity contribution < 1.29 is 19.9 Å². The Morgan fingerprint density at radius 2 is 1.94 bits per heavy atom. The largest absolute Gasteiger partial charge is 0.460 e. The van der Waals surface area contributed by atoms with Crippen LogP contribution in [0, 0.1) is 0 Å². The Hall–Kier alpha value is -1.36. The Labute approximate surface area is 190 Å². The zero-order valence-electron chi connectivity index (χ0n) is 20.0. The Bertz CT molecular complexity index is 874. The van der Waals surface area contributed by atoms with Gasteiger partial charge in [-0.25, -0.2) is 9.46 Å². The van der Waals surface area contributed by atoms with Gasteiger partial charge in [0.1, 0.15) is 6.10 Å². The summed E-state index contributed by atoms with van der Waals surface area (Å²) in [4.78, 5) is 27.8. The molecule has 1 aliphatic heterocycles. The van der Waals surface area contributed by atoms with Crippen molar-refractivity contribution in [2.45, 2.75) is 71.2 Å². The highest BCUT2D eigenvalue weighted by Crippen LogP contribution is 2.49. The second-order valence-corrected chi connectivity index (χ2v) is 9.75. The Balaban J connectivity index is 2.47. The molecule has 0 aliphatic carbocycles. The van der Waals surface area contributed by atoms with Gasteiger partial charge in [0.15, 0.2) is 12.3 Å². The summed E-state index contributed by atoms with van der Waals surface area (Å²) >= 11 is 5.34. The average Bonchev–Trinajstić information content (AvgIpc) is 3.03. The van der Waals surface area contributed by atoms with Crippen molar-refractivity contribution in [2.75, 3.05) is 21.2 Å². The van der Waals surface area contributed by atoms with Gasteiger partial charge in [0.25, 0.3) is 19.3 Å². The van der Waals surface area contributed by atoms with Crippen LogP contribution in [-0.4, -0.2) is 75.9 Å². The maximum absolute atomic E-state index is 12.5. The molecule has 2 heterocycles. The summed E-state index contributed by atoms with van der Waals surface area (Å²) < 4.78 is 35.5. The summed E-state index contributed by atoms with van der Waals surface area (Å²) in [6.07, 6.45) is -1.95. The molecule has 2 unspecified atom stereocenters. The second kappa shape index (κ2) is 11.0. The van der Waals surface area contributed by atoms with Crippen molar-refractivity contribution in [3.05, 3.63) is 33.1 Å². The van der Waals surface area contributed by atoms with E-state index >= 15 is 0 Å². The quantitative estimate of drug-likeness (QED) is 0.446. The molecule has 0 radical (unpaired) electrons. The van der Waals surface area contributed by atoms with Crippen molar-refractivity contribution in [3.8, 4) is 0 Å². The molecule has 0 saturated carbocycles. The molecule has 31 heavy (non-hydrogen) atoms. The van der Waals surface area contributed by atoms with Crippen LogP contribution in [0.25, 0.3) is 0 Å². The Morgan fingerprint density at radius 1 is 1.29 bits per heavy atom. The molecule has 1 aliphatic rings. The van der Waals surface area contributed by atoms with E-state index in [9.17, 15) is 9.59 Å². The minimum atomic E-state index is -1.52. The van der Waals surface area contributed by atoms with E-state index in [0.29, 0.717) is 0 Å². The predicted octanol–water partition coefficient (Wildman–Crippen LogP) is 2.06. The second-order valence-electron chi connectivity index (χ2n) is 7.88. The van der Waals surface area contributed by atoms with Crippen LogP contribution >= 0.6 is 20.7 Å². The third-order valence-electron chi connectivity index (χ3n) is 4.63. The minimum Gasteiger partial charge on any atom is -0.460 e. The van der Waals surface area contributed by atoms with Crippen LogP contribution in [0.5, 0.6) is 0 Å². The van der Waals surface area contributed by atoms with E-state index in [0.717, 1.165) is 0 Å². The van der Waals surface area contributed by atoms with Gasteiger partial charge in [-0.05, 0) is 46.8 Å². The molecule has 1 saturated heterocycles. The van der Waals surface area contributed by atoms with Gasteiger partial charge in [0.2, 0.25) is 0 Å². The molecule has 0 aromatic carbocycles. The Morgan fingerprint density at radius 3 is 2.42 bits per heavy atom. The van der Waals surface area contributed by atoms with Crippen molar-refractivity contribution in [1.29, 1.82) is 0 Å². The maximum Gasteiger partial charge on any atom is 0.330 e. The number of hydrogen-bond acceptors (Lipinski definition) is 8. The van der Waals surface area contributed by atoms with Gasteiger partial charge in [-0.3, -0.25) is 14.3 Å². The number of aromatic nitrogens is 2. The van der Waals surface area contributed by atoms with E-state index in [1.54, 1.807) is 26.1 Å². The third-order valence-corrected chi connectivity index (χ3v) is 7.13. The fourth-order valence-corrected chi connectivity index (χ4v) is 5.02. The molecule has 0 amide bonds. The summed E-state index contributed by atoms with van der Waals surface area (Å²) in [6, 6.07) is 1.49. The summed E-state index contributed by atoms with van der Waals surface area (Å²) in [7, 11) is 3.51. The average molecular weight is 478 g/mol. The fourth-order valence-electron chi connectivity index (χ4n) is 3.30. The van der Waals surface area contributed by atoms with E-state index < -0.39 is 44.3 Å².